The number of aliphatic hydroxyl groups is 1. The van der Waals surface area contributed by atoms with Crippen molar-refractivity contribution in [2.24, 2.45) is 5.10 Å². The van der Waals surface area contributed by atoms with E-state index in [1.165, 1.54) is 11.3 Å². The molecule has 1 aliphatic heterocycles. The summed E-state index contributed by atoms with van der Waals surface area (Å²) >= 11 is 1.43. The summed E-state index contributed by atoms with van der Waals surface area (Å²) in [6.07, 6.45) is -0.125. The molecule has 1 unspecified atom stereocenters. The van der Waals surface area contributed by atoms with Gasteiger partial charge in [0.15, 0.2) is 0 Å². The number of aliphatic hydroxyl groups excluding tert-OH is 1. The highest BCUT2D eigenvalue weighted by atomic mass is 32.1. The van der Waals surface area contributed by atoms with Gasteiger partial charge in [-0.05, 0) is 11.4 Å². The molecule has 2 rings (SSSR count). The molecule has 0 saturated carbocycles. The highest BCUT2D eigenvalue weighted by Crippen LogP contribution is 2.17. The average molecular weight is 267 g/mol. The number of nitrogens with one attached hydrogen (secondary N) is 2. The van der Waals surface area contributed by atoms with E-state index in [4.69, 9.17) is 0 Å². The third-order valence-corrected chi connectivity index (χ3v) is 3.47. The van der Waals surface area contributed by atoms with Crippen molar-refractivity contribution in [1.82, 2.24) is 10.7 Å². The molecule has 0 aromatic carbocycles. The fourth-order valence-corrected chi connectivity index (χ4v) is 2.22. The molecule has 2 heterocycles. The van der Waals surface area contributed by atoms with Crippen LogP contribution in [0.15, 0.2) is 22.6 Å². The maximum absolute atomic E-state index is 11.7. The lowest BCUT2D eigenvalue weighted by Crippen LogP contribution is -2.38. The fraction of sp³-hybridized carbons (Fsp3) is 0.364. The van der Waals surface area contributed by atoms with Gasteiger partial charge < -0.3 is 10.4 Å². The molecule has 1 aliphatic rings. The summed E-state index contributed by atoms with van der Waals surface area (Å²) < 4.78 is 0. The van der Waals surface area contributed by atoms with Gasteiger partial charge in [-0.2, -0.15) is 5.10 Å². The molecule has 7 heteroatoms. The van der Waals surface area contributed by atoms with E-state index in [0.717, 1.165) is 4.88 Å². The predicted octanol–water partition coefficient (Wildman–Crippen LogP) is 0.164. The summed E-state index contributed by atoms with van der Waals surface area (Å²) in [5, 5.41) is 17.9. The van der Waals surface area contributed by atoms with Crippen molar-refractivity contribution >= 4 is 28.9 Å². The van der Waals surface area contributed by atoms with E-state index in [-0.39, 0.29) is 30.5 Å². The van der Waals surface area contributed by atoms with Crippen molar-refractivity contribution in [3.05, 3.63) is 22.4 Å². The molecule has 6 nitrogen and oxygen atoms in total. The van der Waals surface area contributed by atoms with Crippen molar-refractivity contribution in [2.75, 3.05) is 6.54 Å². The molecule has 2 amide bonds. The molecule has 1 aromatic rings. The second-order valence-electron chi connectivity index (χ2n) is 3.83. The van der Waals surface area contributed by atoms with Gasteiger partial charge in [-0.1, -0.05) is 6.07 Å². The van der Waals surface area contributed by atoms with Gasteiger partial charge in [-0.3, -0.25) is 9.59 Å². The number of hydrogen-bond donors (Lipinski definition) is 3. The Balaban J connectivity index is 1.83. The number of nitrogens with zero attached hydrogens (tertiary/aromatic N) is 1. The second-order valence-corrected chi connectivity index (χ2v) is 4.81. The molecule has 0 bridgehead atoms. The molecular weight excluding hydrogens is 254 g/mol. The zero-order valence-corrected chi connectivity index (χ0v) is 10.4. The van der Waals surface area contributed by atoms with E-state index in [1.807, 2.05) is 11.4 Å². The zero-order valence-electron chi connectivity index (χ0n) is 9.55. The summed E-state index contributed by atoms with van der Waals surface area (Å²) in [6.45, 7) is 0.131. The smallest absolute Gasteiger partial charge is 0.267 e. The average Bonchev–Trinajstić information content (AvgIpc) is 2.90. The van der Waals surface area contributed by atoms with Crippen LogP contribution in [-0.2, 0) is 9.59 Å². The predicted molar refractivity (Wildman–Crippen MR) is 67.1 cm³/mol. The molecule has 0 saturated heterocycles. The molecule has 1 atom stereocenters. The van der Waals surface area contributed by atoms with E-state index in [0.29, 0.717) is 6.42 Å². The highest BCUT2D eigenvalue weighted by Gasteiger charge is 2.19. The third-order valence-electron chi connectivity index (χ3n) is 2.49. The largest absolute Gasteiger partial charge is 0.386 e. The normalized spacial score (nSPS) is 16.7. The molecule has 0 aliphatic carbocycles. The Bertz CT molecular complexity index is 470. The van der Waals surface area contributed by atoms with Crippen molar-refractivity contribution in [3.8, 4) is 0 Å². The van der Waals surface area contributed by atoms with Gasteiger partial charge in [0, 0.05) is 24.3 Å². The lowest BCUT2D eigenvalue weighted by atomic mass is 10.1. The van der Waals surface area contributed by atoms with E-state index in [1.54, 1.807) is 6.07 Å². The molecule has 3 N–H and O–H groups in total. The number of hydrogen-bond acceptors (Lipinski definition) is 5. The van der Waals surface area contributed by atoms with Crippen molar-refractivity contribution in [1.29, 1.82) is 0 Å². The van der Waals surface area contributed by atoms with Gasteiger partial charge in [0.25, 0.3) is 5.91 Å². The monoisotopic (exact) mass is 267 g/mol. The molecule has 1 aromatic heterocycles. The van der Waals surface area contributed by atoms with E-state index in [9.17, 15) is 14.7 Å². The van der Waals surface area contributed by atoms with Crippen LogP contribution < -0.4 is 10.7 Å². The Kier molecular flexibility index (Phi) is 4.06. The first kappa shape index (κ1) is 12.7. The maximum atomic E-state index is 11.7. The first-order valence-electron chi connectivity index (χ1n) is 5.52. The summed E-state index contributed by atoms with van der Waals surface area (Å²) in [6, 6.07) is 3.64. The quantitative estimate of drug-likeness (QED) is 0.726. The van der Waals surface area contributed by atoms with Gasteiger partial charge in [-0.15, -0.1) is 11.3 Å². The molecule has 96 valence electrons. The van der Waals surface area contributed by atoms with Crippen LogP contribution in [0.3, 0.4) is 0 Å². The Morgan fingerprint density at radius 1 is 1.61 bits per heavy atom. The minimum Gasteiger partial charge on any atom is -0.386 e. The molecule has 18 heavy (non-hydrogen) atoms. The summed E-state index contributed by atoms with van der Waals surface area (Å²) in [7, 11) is 0. The Morgan fingerprint density at radius 2 is 2.44 bits per heavy atom. The van der Waals surface area contributed by atoms with Crippen LogP contribution in [0.4, 0.5) is 0 Å². The van der Waals surface area contributed by atoms with Crippen molar-refractivity contribution in [3.63, 3.8) is 0 Å². The van der Waals surface area contributed by atoms with Gasteiger partial charge in [0.1, 0.15) is 11.8 Å². The van der Waals surface area contributed by atoms with Gasteiger partial charge in [0.2, 0.25) is 5.91 Å². The van der Waals surface area contributed by atoms with Gasteiger partial charge >= 0.3 is 0 Å². The minimum atomic E-state index is -0.715. The molecule has 0 spiro atoms. The number of rotatable bonds is 4. The second kappa shape index (κ2) is 5.74. The highest BCUT2D eigenvalue weighted by molar-refractivity contribution is 7.10. The number of amides is 2. The Morgan fingerprint density at radius 3 is 3.06 bits per heavy atom. The first-order valence-corrected chi connectivity index (χ1v) is 6.40. The van der Waals surface area contributed by atoms with E-state index >= 15 is 0 Å². The summed E-state index contributed by atoms with van der Waals surface area (Å²) in [5.41, 5.74) is 2.54. The maximum Gasteiger partial charge on any atom is 0.267 e. The van der Waals surface area contributed by atoms with Crippen molar-refractivity contribution in [2.45, 2.75) is 18.9 Å². The number of hydrazone groups is 1. The summed E-state index contributed by atoms with van der Waals surface area (Å²) in [5.74, 6) is -0.546. The first-order chi connectivity index (χ1) is 8.66. The number of thiophene rings is 1. The Hall–Kier alpha value is -1.73. The van der Waals surface area contributed by atoms with Gasteiger partial charge in [0.05, 0.1) is 0 Å². The van der Waals surface area contributed by atoms with Crippen LogP contribution in [0, 0.1) is 0 Å². The van der Waals surface area contributed by atoms with Crippen LogP contribution in [-0.4, -0.2) is 29.2 Å². The zero-order chi connectivity index (χ0) is 13.0. The van der Waals surface area contributed by atoms with Crippen LogP contribution in [0.1, 0.15) is 23.8 Å². The Labute approximate surface area is 108 Å². The fourth-order valence-electron chi connectivity index (χ4n) is 1.51. The third kappa shape index (κ3) is 3.14. The van der Waals surface area contributed by atoms with Crippen LogP contribution >= 0.6 is 11.3 Å². The van der Waals surface area contributed by atoms with Gasteiger partial charge in [-0.25, -0.2) is 5.43 Å². The lowest BCUT2D eigenvalue weighted by Gasteiger charge is -2.13. The minimum absolute atomic E-state index is 0.131. The number of carbonyl (C=O) groups excluding carboxylic acids is 2. The topological polar surface area (TPSA) is 90.8 Å². The van der Waals surface area contributed by atoms with Crippen LogP contribution in [0.2, 0.25) is 0 Å². The number of carbonyl (C=O) groups is 2. The molecule has 0 radical (unpaired) electrons. The lowest BCUT2D eigenvalue weighted by molar-refractivity contribution is -0.121. The van der Waals surface area contributed by atoms with E-state index < -0.39 is 6.10 Å². The van der Waals surface area contributed by atoms with E-state index in [2.05, 4.69) is 15.8 Å². The standard InChI is InChI=1S/C11H13N3O3S/c15-8(9-2-1-5-18-9)6-12-11(17)7-3-4-10(16)14-13-7/h1-2,5,8,15H,3-4,6H2,(H,12,17)(H,14,16). The van der Waals surface area contributed by atoms with Crippen LogP contribution in [0.5, 0.6) is 0 Å². The van der Waals surface area contributed by atoms with Crippen molar-refractivity contribution < 1.29 is 14.7 Å². The SMILES string of the molecule is O=C1CCC(C(=O)NCC(O)c2cccs2)=NN1. The summed E-state index contributed by atoms with van der Waals surface area (Å²) in [4.78, 5) is 23.3. The molecular formula is C11H13N3O3S. The molecule has 0 fully saturated rings. The van der Waals surface area contributed by atoms with Crippen LogP contribution in [0.25, 0.3) is 0 Å².